The Balaban J connectivity index is 1.42. The minimum absolute atomic E-state index is 0.256. The summed E-state index contributed by atoms with van der Waals surface area (Å²) >= 11 is 0. The van der Waals surface area contributed by atoms with Crippen LogP contribution < -0.4 is 20.5 Å². The molecule has 6 rings (SSSR count). The van der Waals surface area contributed by atoms with E-state index in [1.165, 1.54) is 0 Å². The maximum absolute atomic E-state index is 14.6. The molecule has 1 aliphatic heterocycles. The zero-order valence-electron chi connectivity index (χ0n) is 27.9. The SMILES string of the molecule is COc1ccc(CNc2nccc3c2n(-c2ccc(Oc4ccccc4)cc2)c(=O)n3C2C[C@@H](OC)CN(C(=O)OC(C)(C)C)C2)cc1. The average Bonchev–Trinajstić information content (AvgIpc) is 3.39. The molecule has 1 aliphatic rings. The lowest BCUT2D eigenvalue weighted by Crippen LogP contribution is -2.50. The number of pyridine rings is 1. The highest BCUT2D eigenvalue weighted by molar-refractivity contribution is 5.88. The van der Waals surface area contributed by atoms with Crippen molar-refractivity contribution in [2.45, 2.75) is 51.5 Å². The fraction of sp³-hybridized carbons (Fsp3) is 0.324. The Bertz CT molecular complexity index is 1910. The van der Waals surface area contributed by atoms with Crippen LogP contribution in [0.5, 0.6) is 17.2 Å². The number of methoxy groups -OCH3 is 2. The number of likely N-dealkylation sites (tertiary alicyclic amines) is 1. The fourth-order valence-corrected chi connectivity index (χ4v) is 5.96. The second-order valence-electron chi connectivity index (χ2n) is 12.8. The summed E-state index contributed by atoms with van der Waals surface area (Å²) in [5.74, 6) is 2.67. The van der Waals surface area contributed by atoms with Crippen molar-refractivity contribution in [1.29, 1.82) is 0 Å². The highest BCUT2D eigenvalue weighted by Gasteiger charge is 2.36. The van der Waals surface area contributed by atoms with Gasteiger partial charge in [-0.15, -0.1) is 0 Å². The van der Waals surface area contributed by atoms with Crippen molar-refractivity contribution in [3.63, 3.8) is 0 Å². The van der Waals surface area contributed by atoms with Crippen molar-refractivity contribution in [3.8, 4) is 22.9 Å². The van der Waals surface area contributed by atoms with Gasteiger partial charge in [0.25, 0.3) is 0 Å². The number of piperidine rings is 1. The number of amides is 1. The number of fused-ring (bicyclic) bond motifs is 1. The number of ether oxygens (including phenoxy) is 4. The number of anilines is 1. The van der Waals surface area contributed by atoms with Crippen LogP contribution in [-0.2, 0) is 16.0 Å². The molecule has 0 bridgehead atoms. The predicted molar refractivity (Wildman–Crippen MR) is 184 cm³/mol. The van der Waals surface area contributed by atoms with Gasteiger partial charge in [-0.1, -0.05) is 30.3 Å². The largest absolute Gasteiger partial charge is 0.497 e. The Labute approximate surface area is 279 Å². The van der Waals surface area contributed by atoms with E-state index in [1.54, 1.807) is 34.5 Å². The molecule has 1 fully saturated rings. The molecule has 3 heterocycles. The first-order valence-electron chi connectivity index (χ1n) is 16.0. The van der Waals surface area contributed by atoms with Gasteiger partial charge in [0, 0.05) is 26.4 Å². The third-order valence-corrected chi connectivity index (χ3v) is 8.22. The summed E-state index contributed by atoms with van der Waals surface area (Å²) in [5.41, 5.74) is 2.06. The molecule has 1 unspecified atom stereocenters. The lowest BCUT2D eigenvalue weighted by molar-refractivity contribution is -0.0175. The summed E-state index contributed by atoms with van der Waals surface area (Å²) < 4.78 is 26.2. The molecule has 2 atom stereocenters. The molecule has 48 heavy (non-hydrogen) atoms. The molecule has 250 valence electrons. The zero-order valence-corrected chi connectivity index (χ0v) is 27.9. The number of benzene rings is 3. The van der Waals surface area contributed by atoms with Crippen LogP contribution in [0.1, 0.15) is 38.8 Å². The standard InChI is InChI=1S/C37H41N5O6/c1-37(2,3)48-36(44)40-23-27(21-31(24-40)46-5)41-32-19-20-38-34(39-22-25-11-15-28(45-4)16-12-25)33(32)42(35(41)43)26-13-17-30(18-14-26)47-29-9-7-6-8-10-29/h6-20,27,31H,21-24H2,1-5H3,(H,38,39)/t27?,31-/m1/s1. The maximum Gasteiger partial charge on any atom is 0.410 e. The molecule has 1 N–H and O–H groups in total. The topological polar surface area (TPSA) is 109 Å². The van der Waals surface area contributed by atoms with Crippen LogP contribution in [0.4, 0.5) is 10.6 Å². The van der Waals surface area contributed by atoms with E-state index in [-0.39, 0.29) is 24.4 Å². The summed E-state index contributed by atoms with van der Waals surface area (Å²) in [5, 5.41) is 3.45. The zero-order chi connectivity index (χ0) is 33.8. The minimum Gasteiger partial charge on any atom is -0.497 e. The summed E-state index contributed by atoms with van der Waals surface area (Å²) in [7, 11) is 3.26. The fourth-order valence-electron chi connectivity index (χ4n) is 5.96. The van der Waals surface area contributed by atoms with Gasteiger partial charge in [0.15, 0.2) is 5.82 Å². The molecule has 0 radical (unpaired) electrons. The first-order chi connectivity index (χ1) is 23.1. The molecule has 2 aromatic heterocycles. The summed E-state index contributed by atoms with van der Waals surface area (Å²) in [6.07, 6.45) is 1.50. The van der Waals surface area contributed by atoms with Gasteiger partial charge in [-0.3, -0.25) is 9.13 Å². The molecule has 1 saturated heterocycles. The molecular weight excluding hydrogens is 610 g/mol. The van der Waals surface area contributed by atoms with Gasteiger partial charge in [-0.05, 0) is 87.4 Å². The maximum atomic E-state index is 14.6. The lowest BCUT2D eigenvalue weighted by atomic mass is 10.0. The number of imidazole rings is 1. The van der Waals surface area contributed by atoms with E-state index in [0.717, 1.165) is 11.3 Å². The van der Waals surface area contributed by atoms with Crippen LogP contribution in [0.25, 0.3) is 16.7 Å². The Hall–Kier alpha value is -5.29. The molecule has 11 heteroatoms. The molecule has 11 nitrogen and oxygen atoms in total. The molecule has 3 aromatic carbocycles. The van der Waals surface area contributed by atoms with E-state index in [4.69, 9.17) is 18.9 Å². The Morgan fingerprint density at radius 3 is 2.25 bits per heavy atom. The van der Waals surface area contributed by atoms with E-state index >= 15 is 0 Å². The molecule has 5 aromatic rings. The van der Waals surface area contributed by atoms with E-state index in [2.05, 4.69) is 10.3 Å². The molecule has 0 spiro atoms. The first kappa shape index (κ1) is 32.6. The van der Waals surface area contributed by atoms with Crippen molar-refractivity contribution in [2.24, 2.45) is 0 Å². The Kier molecular flexibility index (Phi) is 9.40. The predicted octanol–water partition coefficient (Wildman–Crippen LogP) is 6.80. The molecular formula is C37H41N5O6. The van der Waals surface area contributed by atoms with Crippen molar-refractivity contribution >= 4 is 22.9 Å². The number of carbonyl (C=O) groups excluding carboxylic acids is 1. The van der Waals surface area contributed by atoms with Crippen molar-refractivity contribution in [1.82, 2.24) is 19.0 Å². The van der Waals surface area contributed by atoms with Crippen LogP contribution in [0.3, 0.4) is 0 Å². The number of aromatic nitrogens is 3. The van der Waals surface area contributed by atoms with Gasteiger partial charge in [0.1, 0.15) is 28.4 Å². The van der Waals surface area contributed by atoms with E-state index in [1.807, 2.05) is 106 Å². The number of hydrogen-bond donors (Lipinski definition) is 1. The number of carbonyl (C=O) groups is 1. The summed E-state index contributed by atoms with van der Waals surface area (Å²) in [6, 6.07) is 26.1. The van der Waals surface area contributed by atoms with Gasteiger partial charge >= 0.3 is 11.8 Å². The number of nitrogens with zero attached hydrogens (tertiary/aromatic N) is 4. The van der Waals surface area contributed by atoms with Crippen LogP contribution in [0.2, 0.25) is 0 Å². The van der Waals surface area contributed by atoms with Crippen LogP contribution in [-0.4, -0.2) is 64.1 Å². The lowest BCUT2D eigenvalue weighted by Gasteiger charge is -2.38. The van der Waals surface area contributed by atoms with Crippen LogP contribution in [0, 0.1) is 0 Å². The Morgan fingerprint density at radius 2 is 1.58 bits per heavy atom. The van der Waals surface area contributed by atoms with Crippen molar-refractivity contribution in [2.75, 3.05) is 32.6 Å². The monoisotopic (exact) mass is 651 g/mol. The van der Waals surface area contributed by atoms with Gasteiger partial charge in [-0.25, -0.2) is 14.6 Å². The smallest absolute Gasteiger partial charge is 0.410 e. The molecule has 0 aliphatic carbocycles. The summed E-state index contributed by atoms with van der Waals surface area (Å²) in [6.45, 7) is 6.63. The third-order valence-electron chi connectivity index (χ3n) is 8.22. The van der Waals surface area contributed by atoms with E-state index in [9.17, 15) is 9.59 Å². The first-order valence-corrected chi connectivity index (χ1v) is 16.0. The Morgan fingerprint density at radius 1 is 0.896 bits per heavy atom. The highest BCUT2D eigenvalue weighted by atomic mass is 16.6. The number of rotatable bonds is 9. The van der Waals surface area contributed by atoms with E-state index < -0.39 is 11.7 Å². The number of nitrogens with one attached hydrogen (secondary N) is 1. The quantitative estimate of drug-likeness (QED) is 0.186. The number of para-hydroxylation sites is 1. The molecule has 0 saturated carbocycles. The van der Waals surface area contributed by atoms with Crippen LogP contribution >= 0.6 is 0 Å². The van der Waals surface area contributed by atoms with Gasteiger partial charge in [0.05, 0.1) is 37.0 Å². The third kappa shape index (κ3) is 7.16. The van der Waals surface area contributed by atoms with Crippen molar-refractivity contribution < 1.29 is 23.7 Å². The van der Waals surface area contributed by atoms with Crippen LogP contribution in [0.15, 0.2) is 95.9 Å². The minimum atomic E-state index is -0.661. The van der Waals surface area contributed by atoms with Gasteiger partial charge < -0.3 is 29.2 Å². The summed E-state index contributed by atoms with van der Waals surface area (Å²) in [4.78, 5) is 34.1. The normalized spacial score (nSPS) is 16.5. The second kappa shape index (κ2) is 13.8. The second-order valence-corrected chi connectivity index (χ2v) is 12.8. The molecule has 1 amide bonds. The van der Waals surface area contributed by atoms with Gasteiger partial charge in [0.2, 0.25) is 0 Å². The van der Waals surface area contributed by atoms with E-state index in [0.29, 0.717) is 53.5 Å². The highest BCUT2D eigenvalue weighted by Crippen LogP contribution is 2.32. The average molecular weight is 652 g/mol. The van der Waals surface area contributed by atoms with Gasteiger partial charge in [-0.2, -0.15) is 0 Å². The number of hydrogen-bond acceptors (Lipinski definition) is 8. The van der Waals surface area contributed by atoms with Crippen molar-refractivity contribution in [3.05, 3.63) is 107 Å².